The number of benzene rings is 1. The molecule has 0 spiro atoms. The summed E-state index contributed by atoms with van der Waals surface area (Å²) in [4.78, 5) is 33.6. The standard InChI is InChI=1S/C26H20ClFN8O3/c1-2-20(37)35-8-10-36(11-9-35)24-16-5-7-30-25(22(16)32-26(33-24)38-15-4-3-6-29-13-15)39-23-17-14-31-34-19(17)12-18(28)21(23)27/h2-7,12-14H,1,8-11H2,(H,31,34). The second-order valence-corrected chi connectivity index (χ2v) is 8.96. The van der Waals surface area contributed by atoms with E-state index in [2.05, 4.69) is 36.7 Å². The maximum atomic E-state index is 14.6. The molecule has 5 aromatic rings. The Morgan fingerprint density at radius 2 is 1.95 bits per heavy atom. The molecule has 1 aromatic carbocycles. The van der Waals surface area contributed by atoms with Crippen LogP contribution >= 0.6 is 11.6 Å². The first kappa shape index (κ1) is 24.5. The molecule has 1 N–H and O–H groups in total. The summed E-state index contributed by atoms with van der Waals surface area (Å²) in [7, 11) is 0. The van der Waals surface area contributed by atoms with Gasteiger partial charge in [0.15, 0.2) is 5.75 Å². The number of aromatic amines is 1. The Hall–Kier alpha value is -4.84. The van der Waals surface area contributed by atoms with Crippen LogP contribution in [0.25, 0.3) is 21.8 Å². The largest absolute Gasteiger partial charge is 0.434 e. The van der Waals surface area contributed by atoms with Crippen molar-refractivity contribution in [2.45, 2.75) is 0 Å². The molecule has 5 heterocycles. The summed E-state index contributed by atoms with van der Waals surface area (Å²) < 4.78 is 26.6. The van der Waals surface area contributed by atoms with Crippen LogP contribution in [0, 0.1) is 5.82 Å². The van der Waals surface area contributed by atoms with E-state index in [1.165, 1.54) is 24.5 Å². The van der Waals surface area contributed by atoms with Crippen molar-refractivity contribution in [2.24, 2.45) is 0 Å². The maximum Gasteiger partial charge on any atom is 0.324 e. The normalized spacial score (nSPS) is 13.6. The first-order chi connectivity index (χ1) is 19.0. The molecule has 6 rings (SSSR count). The minimum Gasteiger partial charge on any atom is -0.434 e. The number of ether oxygens (including phenoxy) is 2. The van der Waals surface area contributed by atoms with Crippen LogP contribution in [0.4, 0.5) is 10.2 Å². The molecular weight excluding hydrogens is 527 g/mol. The maximum absolute atomic E-state index is 14.6. The van der Waals surface area contributed by atoms with Crippen LogP contribution in [0.15, 0.2) is 61.7 Å². The molecule has 0 saturated carbocycles. The lowest BCUT2D eigenvalue weighted by Crippen LogP contribution is -2.48. The third kappa shape index (κ3) is 4.66. The number of pyridine rings is 2. The molecule has 1 saturated heterocycles. The van der Waals surface area contributed by atoms with Crippen molar-refractivity contribution in [1.82, 2.24) is 35.0 Å². The van der Waals surface area contributed by atoms with Gasteiger partial charge in [0.1, 0.15) is 27.9 Å². The van der Waals surface area contributed by atoms with Crippen LogP contribution in [0.3, 0.4) is 0 Å². The van der Waals surface area contributed by atoms with Crippen molar-refractivity contribution >= 4 is 45.1 Å². The number of hydrogen-bond donors (Lipinski definition) is 1. The van der Waals surface area contributed by atoms with Gasteiger partial charge in [0, 0.05) is 44.6 Å². The van der Waals surface area contributed by atoms with Crippen molar-refractivity contribution in [3.8, 4) is 23.4 Å². The number of halogens is 2. The molecule has 13 heteroatoms. The number of anilines is 1. The monoisotopic (exact) mass is 546 g/mol. The highest BCUT2D eigenvalue weighted by Crippen LogP contribution is 2.40. The Morgan fingerprint density at radius 1 is 1.10 bits per heavy atom. The molecule has 0 unspecified atom stereocenters. The third-order valence-corrected chi connectivity index (χ3v) is 6.59. The van der Waals surface area contributed by atoms with Gasteiger partial charge in [0.2, 0.25) is 11.8 Å². The number of aromatic nitrogens is 6. The van der Waals surface area contributed by atoms with E-state index >= 15 is 0 Å². The molecular formula is C26H20ClFN8O3. The Morgan fingerprint density at radius 3 is 2.72 bits per heavy atom. The van der Waals surface area contributed by atoms with Crippen LogP contribution < -0.4 is 14.4 Å². The summed E-state index contributed by atoms with van der Waals surface area (Å²) in [5, 5.41) is 7.56. The molecule has 4 aromatic heterocycles. The summed E-state index contributed by atoms with van der Waals surface area (Å²) in [5.41, 5.74) is 0.734. The smallest absolute Gasteiger partial charge is 0.324 e. The molecule has 0 bridgehead atoms. The number of hydrogen-bond acceptors (Lipinski definition) is 9. The zero-order chi connectivity index (χ0) is 26.9. The number of piperazine rings is 1. The molecule has 0 radical (unpaired) electrons. The van der Waals surface area contributed by atoms with Crippen molar-refractivity contribution in [1.29, 1.82) is 0 Å². The van der Waals surface area contributed by atoms with Gasteiger partial charge in [-0.3, -0.25) is 14.9 Å². The molecule has 196 valence electrons. The highest BCUT2D eigenvalue weighted by Gasteiger charge is 2.25. The fourth-order valence-corrected chi connectivity index (χ4v) is 4.53. The number of rotatable bonds is 6. The number of nitrogens with one attached hydrogen (secondary N) is 1. The fourth-order valence-electron chi connectivity index (χ4n) is 4.34. The SMILES string of the molecule is C=CC(=O)N1CCN(c2nc(Oc3cccnc3)nc3c(Oc4c(Cl)c(F)cc5[nH]ncc45)nccc23)CC1. The Kier molecular flexibility index (Phi) is 6.37. The van der Waals surface area contributed by atoms with Crippen molar-refractivity contribution in [3.63, 3.8) is 0 Å². The topological polar surface area (TPSA) is 122 Å². The van der Waals surface area contributed by atoms with E-state index in [0.29, 0.717) is 59.6 Å². The van der Waals surface area contributed by atoms with Gasteiger partial charge in [-0.1, -0.05) is 18.2 Å². The van der Waals surface area contributed by atoms with Gasteiger partial charge in [-0.15, -0.1) is 0 Å². The molecule has 1 aliphatic heterocycles. The number of carbonyl (C=O) groups excluding carboxylic acids is 1. The summed E-state index contributed by atoms with van der Waals surface area (Å²) in [6.45, 7) is 5.58. The minimum atomic E-state index is -0.675. The van der Waals surface area contributed by atoms with Gasteiger partial charge in [0.25, 0.3) is 0 Å². The second kappa shape index (κ2) is 10.1. The predicted molar refractivity (Wildman–Crippen MR) is 142 cm³/mol. The van der Waals surface area contributed by atoms with Crippen LogP contribution in [-0.4, -0.2) is 67.1 Å². The van der Waals surface area contributed by atoms with Gasteiger partial charge in [-0.25, -0.2) is 9.37 Å². The van der Waals surface area contributed by atoms with E-state index in [9.17, 15) is 9.18 Å². The summed E-state index contributed by atoms with van der Waals surface area (Å²) >= 11 is 6.29. The van der Waals surface area contributed by atoms with Crippen LogP contribution in [0.1, 0.15) is 0 Å². The first-order valence-corrected chi connectivity index (χ1v) is 12.3. The average molecular weight is 547 g/mol. The Labute approximate surface area is 225 Å². The number of carbonyl (C=O) groups is 1. The molecule has 0 aliphatic carbocycles. The van der Waals surface area contributed by atoms with E-state index in [0.717, 1.165) is 0 Å². The van der Waals surface area contributed by atoms with Crippen molar-refractivity contribution in [3.05, 3.63) is 72.5 Å². The van der Waals surface area contributed by atoms with Gasteiger partial charge in [0.05, 0.1) is 28.7 Å². The number of fused-ring (bicyclic) bond motifs is 2. The average Bonchev–Trinajstić information content (AvgIpc) is 3.43. The lowest BCUT2D eigenvalue weighted by molar-refractivity contribution is -0.126. The molecule has 1 amide bonds. The van der Waals surface area contributed by atoms with E-state index in [-0.39, 0.29) is 28.6 Å². The Balaban J connectivity index is 1.45. The van der Waals surface area contributed by atoms with Crippen LogP contribution in [0.5, 0.6) is 23.4 Å². The molecule has 0 atom stereocenters. The predicted octanol–water partition coefficient (Wildman–Crippen LogP) is 4.51. The number of H-pyrrole nitrogens is 1. The lowest BCUT2D eigenvalue weighted by Gasteiger charge is -2.35. The van der Waals surface area contributed by atoms with E-state index in [4.69, 9.17) is 21.1 Å². The minimum absolute atomic E-state index is 0.0340. The summed E-state index contributed by atoms with van der Waals surface area (Å²) in [5.74, 6) is 0.320. The van der Waals surface area contributed by atoms with Gasteiger partial charge in [-0.2, -0.15) is 15.1 Å². The highest BCUT2D eigenvalue weighted by molar-refractivity contribution is 6.33. The second-order valence-electron chi connectivity index (χ2n) is 8.58. The molecule has 1 fully saturated rings. The van der Waals surface area contributed by atoms with Crippen molar-refractivity contribution < 1.29 is 18.7 Å². The fraction of sp³-hybridized carbons (Fsp3) is 0.154. The van der Waals surface area contributed by atoms with Gasteiger partial charge < -0.3 is 19.3 Å². The molecule has 11 nitrogen and oxygen atoms in total. The summed E-state index contributed by atoms with van der Waals surface area (Å²) in [6.07, 6.45) is 7.50. The van der Waals surface area contributed by atoms with Gasteiger partial charge >= 0.3 is 6.01 Å². The van der Waals surface area contributed by atoms with Crippen LogP contribution in [-0.2, 0) is 4.79 Å². The number of nitrogens with zero attached hydrogens (tertiary/aromatic N) is 7. The molecule has 39 heavy (non-hydrogen) atoms. The van der Waals surface area contributed by atoms with E-state index in [1.54, 1.807) is 35.5 Å². The third-order valence-electron chi connectivity index (χ3n) is 6.24. The van der Waals surface area contributed by atoms with E-state index in [1.807, 2.05) is 4.90 Å². The first-order valence-electron chi connectivity index (χ1n) is 11.9. The quantitative estimate of drug-likeness (QED) is 0.306. The highest BCUT2D eigenvalue weighted by atomic mass is 35.5. The number of amides is 1. The van der Waals surface area contributed by atoms with Gasteiger partial charge in [-0.05, 0) is 24.3 Å². The van der Waals surface area contributed by atoms with Crippen LogP contribution in [0.2, 0.25) is 5.02 Å². The lowest BCUT2D eigenvalue weighted by atomic mass is 10.2. The Bertz CT molecular complexity index is 1710. The zero-order valence-electron chi connectivity index (χ0n) is 20.3. The van der Waals surface area contributed by atoms with Crippen molar-refractivity contribution in [2.75, 3.05) is 31.1 Å². The zero-order valence-corrected chi connectivity index (χ0v) is 21.1. The van der Waals surface area contributed by atoms with E-state index < -0.39 is 5.82 Å². The molecule has 1 aliphatic rings. The summed E-state index contributed by atoms with van der Waals surface area (Å²) in [6, 6.07) is 6.48.